The highest BCUT2D eigenvalue weighted by Gasteiger charge is 2.23. The molecule has 0 aromatic carbocycles. The van der Waals surface area contributed by atoms with Gasteiger partial charge in [-0.25, -0.2) is 4.98 Å². The highest BCUT2D eigenvalue weighted by Crippen LogP contribution is 2.27. The number of amides is 1. The summed E-state index contributed by atoms with van der Waals surface area (Å²) in [5.74, 6) is 0.0759. The van der Waals surface area contributed by atoms with Gasteiger partial charge in [0, 0.05) is 12.6 Å². The molecule has 1 aliphatic rings. The van der Waals surface area contributed by atoms with Crippen LogP contribution in [0.1, 0.15) is 39.0 Å². The summed E-state index contributed by atoms with van der Waals surface area (Å²) >= 11 is 5.72. The van der Waals surface area contributed by atoms with Crippen molar-refractivity contribution in [3.8, 4) is 0 Å². The Morgan fingerprint density at radius 2 is 2.14 bits per heavy atom. The molecule has 0 saturated heterocycles. The molecule has 114 valence electrons. The van der Waals surface area contributed by atoms with Crippen molar-refractivity contribution in [2.45, 2.75) is 45.1 Å². The molecule has 1 heterocycles. The zero-order chi connectivity index (χ0) is 15.2. The van der Waals surface area contributed by atoms with Gasteiger partial charge in [0.05, 0.1) is 5.02 Å². The Morgan fingerprint density at radius 1 is 1.43 bits per heavy atom. The SMILES string of the molecule is C[C@H](OC(=O)CC1CCCC1)C(=O)Nc1ccc(Cl)cn1. The average Bonchev–Trinajstić information content (AvgIpc) is 2.94. The maximum absolute atomic E-state index is 11.9. The van der Waals surface area contributed by atoms with Crippen molar-refractivity contribution in [3.63, 3.8) is 0 Å². The van der Waals surface area contributed by atoms with Crippen molar-refractivity contribution in [2.75, 3.05) is 5.32 Å². The summed E-state index contributed by atoms with van der Waals surface area (Å²) in [5.41, 5.74) is 0. The fourth-order valence-electron chi connectivity index (χ4n) is 2.43. The predicted molar refractivity (Wildman–Crippen MR) is 80.0 cm³/mol. The van der Waals surface area contributed by atoms with E-state index in [0.29, 0.717) is 23.2 Å². The van der Waals surface area contributed by atoms with Crippen molar-refractivity contribution in [1.29, 1.82) is 0 Å². The maximum Gasteiger partial charge on any atom is 0.306 e. The third-order valence-corrected chi connectivity index (χ3v) is 3.81. The molecule has 1 aromatic rings. The van der Waals surface area contributed by atoms with E-state index in [1.807, 2.05) is 0 Å². The second-order valence-corrected chi connectivity index (χ2v) is 5.77. The lowest BCUT2D eigenvalue weighted by atomic mass is 10.0. The molecule has 1 aliphatic carbocycles. The van der Waals surface area contributed by atoms with Crippen LogP contribution in [0.3, 0.4) is 0 Å². The van der Waals surface area contributed by atoms with E-state index in [-0.39, 0.29) is 5.97 Å². The molecular formula is C15H19ClN2O3. The number of ether oxygens (including phenoxy) is 1. The summed E-state index contributed by atoms with van der Waals surface area (Å²) in [5, 5.41) is 3.07. The normalized spacial score (nSPS) is 16.5. The maximum atomic E-state index is 11.9. The molecule has 1 fully saturated rings. The van der Waals surface area contributed by atoms with E-state index in [2.05, 4.69) is 10.3 Å². The zero-order valence-electron chi connectivity index (χ0n) is 12.0. The number of carbonyl (C=O) groups excluding carboxylic acids is 2. The van der Waals surface area contributed by atoms with E-state index in [0.717, 1.165) is 12.8 Å². The molecule has 0 spiro atoms. The molecular weight excluding hydrogens is 292 g/mol. The van der Waals surface area contributed by atoms with Crippen LogP contribution in [-0.2, 0) is 14.3 Å². The molecule has 0 radical (unpaired) electrons. The number of aromatic nitrogens is 1. The predicted octanol–water partition coefficient (Wildman–Crippen LogP) is 3.19. The van der Waals surface area contributed by atoms with Crippen LogP contribution in [0.15, 0.2) is 18.3 Å². The first-order chi connectivity index (χ1) is 10.0. The topological polar surface area (TPSA) is 68.3 Å². The van der Waals surface area contributed by atoms with Gasteiger partial charge in [-0.2, -0.15) is 0 Å². The standard InChI is InChI=1S/C15H19ClN2O3/c1-10(21-14(19)8-11-4-2-3-5-11)15(20)18-13-7-6-12(16)9-17-13/h6-7,9-11H,2-5,8H2,1H3,(H,17,18,20)/t10-/m0/s1. The van der Waals surface area contributed by atoms with Crippen LogP contribution in [0, 0.1) is 5.92 Å². The van der Waals surface area contributed by atoms with E-state index in [1.165, 1.54) is 19.0 Å². The molecule has 1 amide bonds. The number of halogens is 1. The minimum Gasteiger partial charge on any atom is -0.453 e. The van der Waals surface area contributed by atoms with Crippen molar-refractivity contribution in [1.82, 2.24) is 4.98 Å². The van der Waals surface area contributed by atoms with Crippen LogP contribution in [0.5, 0.6) is 0 Å². The summed E-state index contributed by atoms with van der Waals surface area (Å²) in [6, 6.07) is 3.22. The minimum atomic E-state index is -0.837. The van der Waals surface area contributed by atoms with Gasteiger partial charge in [-0.1, -0.05) is 24.4 Å². The Morgan fingerprint density at radius 3 is 2.76 bits per heavy atom. The van der Waals surface area contributed by atoms with Gasteiger partial charge in [0.2, 0.25) is 0 Å². The summed E-state index contributed by atoms with van der Waals surface area (Å²) in [7, 11) is 0. The highest BCUT2D eigenvalue weighted by molar-refractivity contribution is 6.30. The van der Waals surface area contributed by atoms with E-state index in [4.69, 9.17) is 16.3 Å². The second-order valence-electron chi connectivity index (χ2n) is 5.34. The molecule has 21 heavy (non-hydrogen) atoms. The molecule has 1 atom stereocenters. The Labute approximate surface area is 129 Å². The van der Waals surface area contributed by atoms with Gasteiger partial charge < -0.3 is 10.1 Å². The number of nitrogens with one attached hydrogen (secondary N) is 1. The summed E-state index contributed by atoms with van der Waals surface area (Å²) in [6.07, 6.45) is 5.50. The third kappa shape index (κ3) is 5.01. The Bertz CT molecular complexity index is 498. The second kappa shape index (κ2) is 7.41. The van der Waals surface area contributed by atoms with Crippen molar-refractivity contribution < 1.29 is 14.3 Å². The van der Waals surface area contributed by atoms with Crippen molar-refractivity contribution in [3.05, 3.63) is 23.4 Å². The summed E-state index contributed by atoms with van der Waals surface area (Å²) < 4.78 is 5.17. The lowest BCUT2D eigenvalue weighted by Crippen LogP contribution is -2.30. The number of hydrogen-bond donors (Lipinski definition) is 1. The largest absolute Gasteiger partial charge is 0.453 e. The van der Waals surface area contributed by atoms with Crippen LogP contribution in [0.2, 0.25) is 5.02 Å². The molecule has 1 saturated carbocycles. The van der Waals surface area contributed by atoms with Crippen LogP contribution >= 0.6 is 11.6 Å². The smallest absolute Gasteiger partial charge is 0.306 e. The van der Waals surface area contributed by atoms with E-state index in [1.54, 1.807) is 19.1 Å². The van der Waals surface area contributed by atoms with Crippen LogP contribution < -0.4 is 5.32 Å². The zero-order valence-corrected chi connectivity index (χ0v) is 12.7. The fourth-order valence-corrected chi connectivity index (χ4v) is 2.54. The van der Waals surface area contributed by atoms with Crippen LogP contribution in [0.25, 0.3) is 0 Å². The van der Waals surface area contributed by atoms with Crippen LogP contribution in [0.4, 0.5) is 5.82 Å². The molecule has 6 heteroatoms. The minimum absolute atomic E-state index is 0.311. The number of hydrogen-bond acceptors (Lipinski definition) is 4. The van der Waals surface area contributed by atoms with E-state index >= 15 is 0 Å². The number of esters is 1. The Hall–Kier alpha value is -1.62. The van der Waals surface area contributed by atoms with Gasteiger partial charge in [-0.15, -0.1) is 0 Å². The first-order valence-corrected chi connectivity index (χ1v) is 7.54. The first-order valence-electron chi connectivity index (χ1n) is 7.16. The van der Waals surface area contributed by atoms with Gasteiger partial charge in [-0.05, 0) is 37.8 Å². The Balaban J connectivity index is 1.78. The summed E-state index contributed by atoms with van der Waals surface area (Å²) in [6.45, 7) is 1.55. The van der Waals surface area contributed by atoms with Crippen molar-refractivity contribution >= 4 is 29.3 Å². The number of nitrogens with zero attached hydrogens (tertiary/aromatic N) is 1. The monoisotopic (exact) mass is 310 g/mol. The Kier molecular flexibility index (Phi) is 5.56. The number of carbonyl (C=O) groups is 2. The first kappa shape index (κ1) is 15.8. The average molecular weight is 311 g/mol. The molecule has 0 aliphatic heterocycles. The molecule has 1 N–H and O–H groups in total. The molecule has 0 unspecified atom stereocenters. The summed E-state index contributed by atoms with van der Waals surface area (Å²) in [4.78, 5) is 27.6. The molecule has 2 rings (SSSR count). The van der Waals surface area contributed by atoms with Gasteiger partial charge in [-0.3, -0.25) is 9.59 Å². The number of pyridine rings is 1. The van der Waals surface area contributed by atoms with Gasteiger partial charge in [0.25, 0.3) is 5.91 Å². The van der Waals surface area contributed by atoms with Crippen LogP contribution in [-0.4, -0.2) is 23.0 Å². The van der Waals surface area contributed by atoms with Gasteiger partial charge >= 0.3 is 5.97 Å². The molecule has 1 aromatic heterocycles. The quantitative estimate of drug-likeness (QED) is 0.848. The number of rotatable bonds is 5. The van der Waals surface area contributed by atoms with E-state index in [9.17, 15) is 9.59 Å². The molecule has 0 bridgehead atoms. The molecule has 5 nitrogen and oxygen atoms in total. The van der Waals surface area contributed by atoms with Gasteiger partial charge in [0.1, 0.15) is 5.82 Å². The van der Waals surface area contributed by atoms with E-state index < -0.39 is 12.0 Å². The lowest BCUT2D eigenvalue weighted by molar-refractivity contribution is -0.154. The highest BCUT2D eigenvalue weighted by atomic mass is 35.5. The van der Waals surface area contributed by atoms with Gasteiger partial charge in [0.15, 0.2) is 6.10 Å². The van der Waals surface area contributed by atoms with Crippen molar-refractivity contribution in [2.24, 2.45) is 5.92 Å². The lowest BCUT2D eigenvalue weighted by Gasteiger charge is -2.14. The third-order valence-electron chi connectivity index (χ3n) is 3.59. The number of anilines is 1. The fraction of sp³-hybridized carbons (Fsp3) is 0.533.